The number of rotatable bonds is 5. The molecule has 0 amide bonds. The first-order chi connectivity index (χ1) is 7.86. The van der Waals surface area contributed by atoms with Crippen LogP contribution < -0.4 is 4.72 Å². The van der Waals surface area contributed by atoms with Gasteiger partial charge in [-0.25, -0.2) is 8.42 Å². The van der Waals surface area contributed by atoms with Crippen molar-refractivity contribution in [3.63, 3.8) is 0 Å². The average Bonchev–Trinajstić information content (AvgIpc) is 2.27. The van der Waals surface area contributed by atoms with Crippen LogP contribution in [0.25, 0.3) is 0 Å². The Balaban J connectivity index is 2.94. The molecule has 0 bridgehead atoms. The van der Waals surface area contributed by atoms with E-state index in [2.05, 4.69) is 4.72 Å². The molecular formula is C11H15NO4S. The van der Waals surface area contributed by atoms with Gasteiger partial charge in [-0.05, 0) is 31.0 Å². The quantitative estimate of drug-likeness (QED) is 0.836. The van der Waals surface area contributed by atoms with Crippen LogP contribution in [-0.4, -0.2) is 24.7 Å². The monoisotopic (exact) mass is 257 g/mol. The second kappa shape index (κ2) is 5.18. The van der Waals surface area contributed by atoms with Crippen LogP contribution in [0.2, 0.25) is 0 Å². The number of carboxylic acid groups (broad SMARTS) is 1. The summed E-state index contributed by atoms with van der Waals surface area (Å²) >= 11 is 0. The number of benzene rings is 1. The summed E-state index contributed by atoms with van der Waals surface area (Å²) in [5, 5.41) is 7.20. The maximum atomic E-state index is 11.6. The molecule has 0 radical (unpaired) electrons. The SMILES string of the molecule is CCc1cccc(NS(=O)(=O)C(C)C(=O)O)c1. The Morgan fingerprint density at radius 3 is 2.65 bits per heavy atom. The zero-order valence-corrected chi connectivity index (χ0v) is 10.5. The summed E-state index contributed by atoms with van der Waals surface area (Å²) in [4.78, 5) is 10.6. The lowest BCUT2D eigenvalue weighted by atomic mass is 10.1. The second-order valence-electron chi connectivity index (χ2n) is 3.68. The van der Waals surface area contributed by atoms with Crippen molar-refractivity contribution in [1.82, 2.24) is 0 Å². The number of carbonyl (C=O) groups is 1. The van der Waals surface area contributed by atoms with Crippen LogP contribution in [0.3, 0.4) is 0 Å². The van der Waals surface area contributed by atoms with E-state index in [0.717, 1.165) is 18.9 Å². The molecule has 2 N–H and O–H groups in total. The Morgan fingerprint density at radius 1 is 1.47 bits per heavy atom. The molecule has 0 heterocycles. The molecule has 1 atom stereocenters. The number of aryl methyl sites for hydroxylation is 1. The van der Waals surface area contributed by atoms with Crippen LogP contribution in [0.5, 0.6) is 0 Å². The van der Waals surface area contributed by atoms with E-state index in [-0.39, 0.29) is 0 Å². The summed E-state index contributed by atoms with van der Waals surface area (Å²) < 4.78 is 25.6. The van der Waals surface area contributed by atoms with E-state index in [1.54, 1.807) is 18.2 Å². The number of aliphatic carboxylic acids is 1. The molecule has 1 aromatic carbocycles. The van der Waals surface area contributed by atoms with Gasteiger partial charge >= 0.3 is 5.97 Å². The fraction of sp³-hybridized carbons (Fsp3) is 0.364. The summed E-state index contributed by atoms with van der Waals surface area (Å²) in [6.45, 7) is 3.09. The summed E-state index contributed by atoms with van der Waals surface area (Å²) in [5.74, 6) is -1.37. The topological polar surface area (TPSA) is 83.5 Å². The molecule has 1 unspecified atom stereocenters. The molecule has 17 heavy (non-hydrogen) atoms. The van der Waals surface area contributed by atoms with E-state index in [9.17, 15) is 13.2 Å². The molecule has 0 saturated heterocycles. The standard InChI is InChI=1S/C11H15NO4S/c1-3-9-5-4-6-10(7-9)12-17(15,16)8(2)11(13)14/h4-8,12H,3H2,1-2H3,(H,13,14). The Morgan fingerprint density at radius 2 is 2.12 bits per heavy atom. The molecule has 1 rings (SSSR count). The lowest BCUT2D eigenvalue weighted by Gasteiger charge is -2.11. The van der Waals surface area contributed by atoms with Gasteiger partial charge < -0.3 is 5.11 Å². The fourth-order valence-electron chi connectivity index (χ4n) is 1.24. The van der Waals surface area contributed by atoms with Gasteiger partial charge in [-0.15, -0.1) is 0 Å². The third kappa shape index (κ3) is 3.45. The van der Waals surface area contributed by atoms with Gasteiger partial charge in [0.1, 0.15) is 0 Å². The lowest BCUT2D eigenvalue weighted by molar-refractivity contribution is -0.136. The van der Waals surface area contributed by atoms with E-state index in [0.29, 0.717) is 5.69 Å². The van der Waals surface area contributed by atoms with Crippen molar-refractivity contribution in [3.05, 3.63) is 29.8 Å². The zero-order valence-electron chi connectivity index (χ0n) is 9.67. The molecule has 6 heteroatoms. The first kappa shape index (κ1) is 13.5. The number of anilines is 1. The van der Waals surface area contributed by atoms with E-state index in [1.165, 1.54) is 0 Å². The molecule has 94 valence electrons. The van der Waals surface area contributed by atoms with Gasteiger partial charge in [0.25, 0.3) is 0 Å². The first-order valence-corrected chi connectivity index (χ1v) is 6.75. The highest BCUT2D eigenvalue weighted by atomic mass is 32.2. The van der Waals surface area contributed by atoms with Gasteiger partial charge in [-0.2, -0.15) is 0 Å². The summed E-state index contributed by atoms with van der Waals surface area (Å²) in [7, 11) is -3.89. The summed E-state index contributed by atoms with van der Waals surface area (Å²) in [6, 6.07) is 6.87. The van der Waals surface area contributed by atoms with Crippen molar-refractivity contribution < 1.29 is 18.3 Å². The van der Waals surface area contributed by atoms with E-state index >= 15 is 0 Å². The molecule has 0 aromatic heterocycles. The number of hydrogen-bond donors (Lipinski definition) is 2. The minimum Gasteiger partial charge on any atom is -0.480 e. The number of sulfonamides is 1. The van der Waals surface area contributed by atoms with Gasteiger partial charge in [0.05, 0.1) is 0 Å². The Labute approximate surface area is 101 Å². The fourth-order valence-corrected chi connectivity index (χ4v) is 2.14. The lowest BCUT2D eigenvalue weighted by Crippen LogP contribution is -2.32. The minimum absolute atomic E-state index is 0.387. The van der Waals surface area contributed by atoms with E-state index in [4.69, 9.17) is 5.11 Å². The summed E-state index contributed by atoms with van der Waals surface area (Å²) in [5.41, 5.74) is 1.37. The van der Waals surface area contributed by atoms with Crippen molar-refractivity contribution in [1.29, 1.82) is 0 Å². The van der Waals surface area contributed by atoms with Crippen molar-refractivity contribution >= 4 is 21.7 Å². The Kier molecular flexibility index (Phi) is 4.11. The Bertz CT molecular complexity index is 510. The first-order valence-electron chi connectivity index (χ1n) is 5.20. The van der Waals surface area contributed by atoms with Crippen LogP contribution >= 0.6 is 0 Å². The maximum Gasteiger partial charge on any atom is 0.323 e. The highest BCUT2D eigenvalue weighted by molar-refractivity contribution is 7.94. The largest absolute Gasteiger partial charge is 0.480 e. The third-order valence-corrected chi connectivity index (χ3v) is 4.06. The van der Waals surface area contributed by atoms with Crippen molar-refractivity contribution in [2.24, 2.45) is 0 Å². The highest BCUT2D eigenvalue weighted by Gasteiger charge is 2.27. The number of carboxylic acids is 1. The van der Waals surface area contributed by atoms with E-state index in [1.807, 2.05) is 13.0 Å². The smallest absolute Gasteiger partial charge is 0.323 e. The number of hydrogen-bond acceptors (Lipinski definition) is 3. The maximum absolute atomic E-state index is 11.6. The third-order valence-electron chi connectivity index (χ3n) is 2.41. The van der Waals surface area contributed by atoms with Gasteiger partial charge in [0.15, 0.2) is 5.25 Å². The highest BCUT2D eigenvalue weighted by Crippen LogP contribution is 2.14. The summed E-state index contributed by atoms with van der Waals surface area (Å²) in [6.07, 6.45) is 0.782. The van der Waals surface area contributed by atoms with Crippen LogP contribution in [0.1, 0.15) is 19.4 Å². The minimum atomic E-state index is -3.89. The molecule has 5 nitrogen and oxygen atoms in total. The molecule has 1 aromatic rings. The zero-order chi connectivity index (χ0) is 13.1. The molecule has 0 aliphatic heterocycles. The van der Waals surface area contributed by atoms with E-state index < -0.39 is 21.2 Å². The van der Waals surface area contributed by atoms with Gasteiger partial charge in [0.2, 0.25) is 10.0 Å². The molecule has 0 aliphatic rings. The van der Waals surface area contributed by atoms with Crippen LogP contribution in [0.15, 0.2) is 24.3 Å². The predicted molar refractivity (Wildman–Crippen MR) is 65.5 cm³/mol. The van der Waals surface area contributed by atoms with Crippen LogP contribution in [-0.2, 0) is 21.2 Å². The second-order valence-corrected chi connectivity index (χ2v) is 5.68. The van der Waals surface area contributed by atoms with Crippen molar-refractivity contribution in [3.8, 4) is 0 Å². The van der Waals surface area contributed by atoms with Crippen LogP contribution in [0, 0.1) is 0 Å². The predicted octanol–water partition coefficient (Wildman–Crippen LogP) is 1.46. The van der Waals surface area contributed by atoms with Crippen LogP contribution in [0.4, 0.5) is 5.69 Å². The molecular weight excluding hydrogens is 242 g/mol. The number of nitrogens with one attached hydrogen (secondary N) is 1. The Hall–Kier alpha value is -1.56. The molecule has 0 fully saturated rings. The van der Waals surface area contributed by atoms with Gasteiger partial charge in [-0.1, -0.05) is 19.1 Å². The molecule has 0 spiro atoms. The normalized spacial score (nSPS) is 13.1. The average molecular weight is 257 g/mol. The molecule has 0 saturated carbocycles. The molecule has 0 aliphatic carbocycles. The van der Waals surface area contributed by atoms with Gasteiger partial charge in [0, 0.05) is 5.69 Å². The van der Waals surface area contributed by atoms with Crippen molar-refractivity contribution in [2.75, 3.05) is 4.72 Å². The van der Waals surface area contributed by atoms with Crippen molar-refractivity contribution in [2.45, 2.75) is 25.5 Å². The van der Waals surface area contributed by atoms with Gasteiger partial charge in [-0.3, -0.25) is 9.52 Å².